The summed E-state index contributed by atoms with van der Waals surface area (Å²) in [6.07, 6.45) is 0. The zero-order chi connectivity index (χ0) is 13.1. The van der Waals surface area contributed by atoms with Crippen LogP contribution in [0, 0.1) is 11.6 Å². The number of hydrogen-bond acceptors (Lipinski definition) is 4. The first-order valence-corrected chi connectivity index (χ1v) is 5.64. The van der Waals surface area contributed by atoms with Gasteiger partial charge < -0.3 is 10.4 Å². The van der Waals surface area contributed by atoms with Crippen LogP contribution in [-0.2, 0) is 0 Å². The number of carbonyl (C=O) groups is 1. The van der Waals surface area contributed by atoms with Gasteiger partial charge in [0, 0.05) is 11.8 Å². The SMILES string of the molecule is Cc1ccccc1Nc1cc(C(=O)O)c(=S)[nH]n1. The van der Waals surface area contributed by atoms with E-state index in [0.717, 1.165) is 11.3 Å². The first-order chi connectivity index (χ1) is 8.58. The topological polar surface area (TPSA) is 78.0 Å². The minimum Gasteiger partial charge on any atom is -0.478 e. The summed E-state index contributed by atoms with van der Waals surface area (Å²) in [6.45, 7) is 1.95. The summed E-state index contributed by atoms with van der Waals surface area (Å²) in [5.74, 6) is -0.665. The fourth-order valence-electron chi connectivity index (χ4n) is 1.48. The molecule has 0 unspecified atom stereocenters. The maximum atomic E-state index is 11.0. The number of hydrogen-bond donors (Lipinski definition) is 3. The fourth-order valence-corrected chi connectivity index (χ4v) is 1.67. The lowest BCUT2D eigenvalue weighted by Gasteiger charge is -2.08. The van der Waals surface area contributed by atoms with Gasteiger partial charge in [0.15, 0.2) is 5.82 Å². The van der Waals surface area contributed by atoms with Gasteiger partial charge in [0.2, 0.25) is 0 Å². The summed E-state index contributed by atoms with van der Waals surface area (Å²) in [4.78, 5) is 11.0. The van der Waals surface area contributed by atoms with Gasteiger partial charge in [-0.25, -0.2) is 4.79 Å². The van der Waals surface area contributed by atoms with Crippen LogP contribution in [0.15, 0.2) is 30.3 Å². The molecule has 0 fully saturated rings. The van der Waals surface area contributed by atoms with E-state index in [2.05, 4.69) is 15.5 Å². The molecule has 3 N–H and O–H groups in total. The smallest absolute Gasteiger partial charge is 0.338 e. The Morgan fingerprint density at radius 3 is 2.83 bits per heavy atom. The van der Waals surface area contributed by atoms with Crippen molar-refractivity contribution in [1.29, 1.82) is 0 Å². The number of carboxylic acids is 1. The molecule has 18 heavy (non-hydrogen) atoms. The van der Waals surface area contributed by atoms with E-state index in [-0.39, 0.29) is 10.2 Å². The number of aromatic carboxylic acids is 1. The maximum absolute atomic E-state index is 11.0. The van der Waals surface area contributed by atoms with Gasteiger partial charge in [-0.15, -0.1) is 0 Å². The molecule has 2 rings (SSSR count). The third kappa shape index (κ3) is 2.54. The molecule has 1 aromatic carbocycles. The summed E-state index contributed by atoms with van der Waals surface area (Å²) in [5.41, 5.74) is 1.93. The number of aryl methyl sites for hydroxylation is 1. The van der Waals surface area contributed by atoms with Crippen LogP contribution >= 0.6 is 12.2 Å². The average molecular weight is 261 g/mol. The van der Waals surface area contributed by atoms with Gasteiger partial charge in [0.25, 0.3) is 0 Å². The molecule has 0 saturated heterocycles. The van der Waals surface area contributed by atoms with E-state index in [1.54, 1.807) is 0 Å². The van der Waals surface area contributed by atoms with Crippen molar-refractivity contribution in [1.82, 2.24) is 10.2 Å². The zero-order valence-corrected chi connectivity index (χ0v) is 10.4. The number of aromatic amines is 1. The minimum absolute atomic E-state index is 0.0242. The van der Waals surface area contributed by atoms with Crippen molar-refractivity contribution in [2.24, 2.45) is 0 Å². The summed E-state index contributed by atoms with van der Waals surface area (Å²) >= 11 is 4.85. The second kappa shape index (κ2) is 4.97. The van der Waals surface area contributed by atoms with E-state index in [1.165, 1.54) is 6.07 Å². The molecule has 92 valence electrons. The zero-order valence-electron chi connectivity index (χ0n) is 9.60. The van der Waals surface area contributed by atoms with Crippen molar-refractivity contribution < 1.29 is 9.90 Å². The molecule has 0 aliphatic rings. The quantitative estimate of drug-likeness (QED) is 0.740. The van der Waals surface area contributed by atoms with E-state index in [1.807, 2.05) is 31.2 Å². The molecular formula is C12H11N3O2S. The van der Waals surface area contributed by atoms with Crippen LogP contribution in [0.5, 0.6) is 0 Å². The predicted octanol–water partition coefficient (Wildman–Crippen LogP) is 2.89. The highest BCUT2D eigenvalue weighted by molar-refractivity contribution is 7.71. The van der Waals surface area contributed by atoms with E-state index in [4.69, 9.17) is 17.3 Å². The van der Waals surface area contributed by atoms with E-state index in [0.29, 0.717) is 5.82 Å². The number of anilines is 2. The monoisotopic (exact) mass is 261 g/mol. The van der Waals surface area contributed by atoms with E-state index >= 15 is 0 Å². The van der Waals surface area contributed by atoms with Crippen LogP contribution < -0.4 is 5.32 Å². The average Bonchev–Trinajstić information content (AvgIpc) is 2.34. The summed E-state index contributed by atoms with van der Waals surface area (Å²) in [6, 6.07) is 9.06. The highest BCUT2D eigenvalue weighted by Crippen LogP contribution is 2.18. The second-order valence-electron chi connectivity index (χ2n) is 3.74. The van der Waals surface area contributed by atoms with Crippen LogP contribution in [0.3, 0.4) is 0 Å². The van der Waals surface area contributed by atoms with Crippen molar-refractivity contribution >= 4 is 29.7 Å². The Kier molecular flexibility index (Phi) is 3.38. The Morgan fingerprint density at radius 1 is 1.44 bits per heavy atom. The first-order valence-electron chi connectivity index (χ1n) is 5.23. The largest absolute Gasteiger partial charge is 0.478 e. The summed E-state index contributed by atoms with van der Waals surface area (Å²) in [5, 5.41) is 18.5. The highest BCUT2D eigenvalue weighted by Gasteiger charge is 2.08. The van der Waals surface area contributed by atoms with Crippen molar-refractivity contribution in [3.05, 3.63) is 46.1 Å². The number of para-hydroxylation sites is 1. The molecule has 1 aromatic heterocycles. The number of nitrogens with zero attached hydrogens (tertiary/aromatic N) is 1. The van der Waals surface area contributed by atoms with Crippen LogP contribution in [0.25, 0.3) is 0 Å². The molecule has 6 heteroatoms. The van der Waals surface area contributed by atoms with E-state index in [9.17, 15) is 4.79 Å². The number of aromatic nitrogens is 2. The summed E-state index contributed by atoms with van der Waals surface area (Å²) < 4.78 is 0.109. The lowest BCUT2D eigenvalue weighted by molar-refractivity contribution is 0.0695. The molecule has 0 radical (unpaired) electrons. The number of nitrogens with one attached hydrogen (secondary N) is 2. The van der Waals surface area contributed by atoms with Crippen LogP contribution in [-0.4, -0.2) is 21.3 Å². The minimum atomic E-state index is -1.08. The van der Waals surface area contributed by atoms with Crippen LogP contribution in [0.4, 0.5) is 11.5 Å². The Morgan fingerprint density at radius 2 is 2.17 bits per heavy atom. The molecule has 0 aliphatic heterocycles. The van der Waals surface area contributed by atoms with Gasteiger partial charge in [-0.1, -0.05) is 30.4 Å². The maximum Gasteiger partial charge on any atom is 0.338 e. The Bertz CT molecular complexity index is 652. The predicted molar refractivity (Wildman–Crippen MR) is 70.8 cm³/mol. The van der Waals surface area contributed by atoms with Crippen molar-refractivity contribution in [2.45, 2.75) is 6.92 Å². The van der Waals surface area contributed by atoms with Crippen molar-refractivity contribution in [3.8, 4) is 0 Å². The first kappa shape index (κ1) is 12.3. The molecular weight excluding hydrogens is 250 g/mol. The van der Waals surface area contributed by atoms with Gasteiger partial charge in [-0.3, -0.25) is 5.10 Å². The molecule has 0 atom stereocenters. The third-order valence-corrected chi connectivity index (χ3v) is 2.75. The third-order valence-electron chi connectivity index (χ3n) is 2.44. The molecule has 0 saturated carbocycles. The molecule has 0 aliphatic carbocycles. The number of rotatable bonds is 3. The summed E-state index contributed by atoms with van der Waals surface area (Å²) in [7, 11) is 0. The van der Waals surface area contributed by atoms with Gasteiger partial charge >= 0.3 is 5.97 Å². The number of benzene rings is 1. The van der Waals surface area contributed by atoms with Crippen molar-refractivity contribution in [3.63, 3.8) is 0 Å². The second-order valence-corrected chi connectivity index (χ2v) is 4.15. The fraction of sp³-hybridized carbons (Fsp3) is 0.0833. The molecule has 2 aromatic rings. The Hall–Kier alpha value is -2.21. The molecule has 0 spiro atoms. The van der Waals surface area contributed by atoms with Gasteiger partial charge in [0.05, 0.1) is 5.56 Å². The lowest BCUT2D eigenvalue weighted by atomic mass is 10.2. The van der Waals surface area contributed by atoms with Gasteiger partial charge in [-0.2, -0.15) is 5.10 Å². The molecule has 5 nitrogen and oxygen atoms in total. The molecule has 0 bridgehead atoms. The van der Waals surface area contributed by atoms with Crippen molar-refractivity contribution in [2.75, 3.05) is 5.32 Å². The highest BCUT2D eigenvalue weighted by atomic mass is 32.1. The van der Waals surface area contributed by atoms with Crippen LogP contribution in [0.2, 0.25) is 0 Å². The lowest BCUT2D eigenvalue weighted by Crippen LogP contribution is -2.04. The number of carboxylic acid groups (broad SMARTS) is 1. The Balaban J connectivity index is 2.36. The molecule has 1 heterocycles. The normalized spacial score (nSPS) is 10.1. The van der Waals surface area contributed by atoms with Gasteiger partial charge in [-0.05, 0) is 18.6 Å². The number of H-pyrrole nitrogens is 1. The standard InChI is InChI=1S/C12H11N3O2S/c1-7-4-2-3-5-9(7)13-10-6-8(12(16)17)11(18)15-14-10/h2-6H,1H3,(H,13,14)(H,15,18)(H,16,17). The van der Waals surface area contributed by atoms with Gasteiger partial charge in [0.1, 0.15) is 4.64 Å². The Labute approximate surface area is 108 Å². The van der Waals surface area contributed by atoms with Crippen LogP contribution in [0.1, 0.15) is 15.9 Å². The van der Waals surface area contributed by atoms with E-state index < -0.39 is 5.97 Å². The molecule has 0 amide bonds.